The first-order valence-corrected chi connectivity index (χ1v) is 6.95. The van der Waals surface area contributed by atoms with Gasteiger partial charge in [0.1, 0.15) is 0 Å². The standard InChI is InChI=1S/C12H17BrO7/c1-5-9(18-6(2)14)10(19-7(3)15)11(12(13)17-5)20-8(4)16/h5,9-12H,1-4H3/t5?,9-,10?,11-,12+/m0/s1. The van der Waals surface area contributed by atoms with Gasteiger partial charge in [-0.15, -0.1) is 0 Å². The van der Waals surface area contributed by atoms with Gasteiger partial charge in [-0.3, -0.25) is 14.4 Å². The van der Waals surface area contributed by atoms with E-state index in [4.69, 9.17) is 18.9 Å². The van der Waals surface area contributed by atoms with Crippen LogP contribution in [-0.4, -0.2) is 47.3 Å². The lowest BCUT2D eigenvalue weighted by Crippen LogP contribution is -2.59. The van der Waals surface area contributed by atoms with E-state index in [1.807, 2.05) is 0 Å². The Balaban J connectivity index is 3.01. The molecule has 0 radical (unpaired) electrons. The topological polar surface area (TPSA) is 88.1 Å². The van der Waals surface area contributed by atoms with Crippen molar-refractivity contribution >= 4 is 33.8 Å². The maximum atomic E-state index is 11.2. The molecule has 0 amide bonds. The van der Waals surface area contributed by atoms with E-state index in [9.17, 15) is 14.4 Å². The second-order valence-corrected chi connectivity index (χ2v) is 5.32. The summed E-state index contributed by atoms with van der Waals surface area (Å²) in [4.78, 5) is 33.5. The molecule has 114 valence electrons. The molecule has 7 nitrogen and oxygen atoms in total. The van der Waals surface area contributed by atoms with Gasteiger partial charge >= 0.3 is 17.9 Å². The normalized spacial score (nSPS) is 33.1. The number of rotatable bonds is 3. The summed E-state index contributed by atoms with van der Waals surface area (Å²) < 4.78 is 20.9. The van der Waals surface area contributed by atoms with Crippen LogP contribution in [-0.2, 0) is 33.3 Å². The number of hydrogen-bond donors (Lipinski definition) is 0. The van der Waals surface area contributed by atoms with Gasteiger partial charge < -0.3 is 18.9 Å². The van der Waals surface area contributed by atoms with Crippen molar-refractivity contribution in [2.45, 2.75) is 57.1 Å². The number of ether oxygens (including phenoxy) is 4. The molecule has 0 aromatic rings. The van der Waals surface area contributed by atoms with E-state index < -0.39 is 47.3 Å². The molecule has 2 unspecified atom stereocenters. The number of alkyl halides is 1. The Morgan fingerprint density at radius 3 is 1.70 bits per heavy atom. The van der Waals surface area contributed by atoms with Gasteiger partial charge in [0.2, 0.25) is 0 Å². The Morgan fingerprint density at radius 1 is 0.850 bits per heavy atom. The van der Waals surface area contributed by atoms with E-state index in [-0.39, 0.29) is 0 Å². The number of carbonyl (C=O) groups excluding carboxylic acids is 3. The third-order valence-electron chi connectivity index (χ3n) is 2.62. The smallest absolute Gasteiger partial charge is 0.303 e. The monoisotopic (exact) mass is 352 g/mol. The fraction of sp³-hybridized carbons (Fsp3) is 0.750. The lowest BCUT2D eigenvalue weighted by Gasteiger charge is -2.41. The molecule has 0 saturated carbocycles. The summed E-state index contributed by atoms with van der Waals surface area (Å²) in [5.41, 5.74) is 0. The summed E-state index contributed by atoms with van der Waals surface area (Å²) in [6.45, 7) is 5.35. The summed E-state index contributed by atoms with van der Waals surface area (Å²) >= 11 is 3.22. The van der Waals surface area contributed by atoms with Crippen LogP contribution in [0.15, 0.2) is 0 Å². The molecule has 0 aromatic heterocycles. The summed E-state index contributed by atoms with van der Waals surface area (Å²) in [5, 5.41) is -0.669. The Kier molecular flexibility index (Phi) is 5.94. The molecule has 5 atom stereocenters. The van der Waals surface area contributed by atoms with Crippen molar-refractivity contribution in [1.29, 1.82) is 0 Å². The van der Waals surface area contributed by atoms with Crippen molar-refractivity contribution in [3.05, 3.63) is 0 Å². The highest BCUT2D eigenvalue weighted by Crippen LogP contribution is 2.31. The Hall–Kier alpha value is -1.15. The minimum absolute atomic E-state index is 0.528. The molecule has 0 bridgehead atoms. The molecule has 1 saturated heterocycles. The molecule has 1 heterocycles. The Bertz CT molecular complexity index is 369. The van der Waals surface area contributed by atoms with Crippen molar-refractivity contribution in [1.82, 2.24) is 0 Å². The van der Waals surface area contributed by atoms with Crippen LogP contribution in [0.25, 0.3) is 0 Å². The van der Waals surface area contributed by atoms with Crippen LogP contribution in [0.5, 0.6) is 0 Å². The molecular formula is C12H17BrO7. The second-order valence-electron chi connectivity index (χ2n) is 4.41. The first-order valence-electron chi connectivity index (χ1n) is 6.03. The van der Waals surface area contributed by atoms with E-state index in [0.29, 0.717) is 0 Å². The minimum atomic E-state index is -0.937. The summed E-state index contributed by atoms with van der Waals surface area (Å²) in [5.74, 6) is -1.67. The predicted octanol–water partition coefficient (Wildman–Crippen LogP) is 0.921. The fourth-order valence-electron chi connectivity index (χ4n) is 1.96. The highest BCUT2D eigenvalue weighted by Gasteiger charge is 2.49. The van der Waals surface area contributed by atoms with Crippen molar-refractivity contribution < 1.29 is 33.3 Å². The molecular weight excluding hydrogens is 336 g/mol. The third kappa shape index (κ3) is 4.45. The zero-order valence-corrected chi connectivity index (χ0v) is 13.2. The first kappa shape index (κ1) is 16.9. The molecule has 20 heavy (non-hydrogen) atoms. The highest BCUT2D eigenvalue weighted by atomic mass is 79.9. The van der Waals surface area contributed by atoms with Gasteiger partial charge in [0, 0.05) is 20.8 Å². The van der Waals surface area contributed by atoms with Crippen LogP contribution >= 0.6 is 15.9 Å². The number of halogens is 1. The largest absolute Gasteiger partial charge is 0.456 e. The Morgan fingerprint density at radius 2 is 1.25 bits per heavy atom. The van der Waals surface area contributed by atoms with E-state index in [0.717, 1.165) is 0 Å². The van der Waals surface area contributed by atoms with Gasteiger partial charge in [0.15, 0.2) is 23.3 Å². The molecule has 1 rings (SSSR count). The van der Waals surface area contributed by atoms with Crippen LogP contribution in [0, 0.1) is 0 Å². The number of esters is 3. The molecule has 1 aliphatic heterocycles. The highest BCUT2D eigenvalue weighted by molar-refractivity contribution is 9.09. The molecule has 0 spiro atoms. The molecule has 0 aliphatic carbocycles. The van der Waals surface area contributed by atoms with E-state index in [2.05, 4.69) is 15.9 Å². The lowest BCUT2D eigenvalue weighted by molar-refractivity contribution is -0.227. The molecule has 0 aromatic carbocycles. The summed E-state index contributed by atoms with van der Waals surface area (Å²) in [6, 6.07) is 0. The maximum Gasteiger partial charge on any atom is 0.303 e. The van der Waals surface area contributed by atoms with Gasteiger partial charge in [-0.1, -0.05) is 15.9 Å². The SMILES string of the molecule is CC(=O)OC1[C@@H](OC(C)=O)C(C)O[C@@H](Br)[C@H]1OC(C)=O. The van der Waals surface area contributed by atoms with Crippen LogP contribution in [0.3, 0.4) is 0 Å². The van der Waals surface area contributed by atoms with Gasteiger partial charge in [0.25, 0.3) is 0 Å². The van der Waals surface area contributed by atoms with Gasteiger partial charge in [-0.25, -0.2) is 0 Å². The first-order chi connectivity index (χ1) is 9.22. The van der Waals surface area contributed by atoms with E-state index in [1.54, 1.807) is 6.92 Å². The second kappa shape index (κ2) is 7.03. The zero-order chi connectivity index (χ0) is 15.4. The number of hydrogen-bond acceptors (Lipinski definition) is 7. The third-order valence-corrected chi connectivity index (χ3v) is 3.36. The summed E-state index contributed by atoms with van der Waals surface area (Å²) in [6.07, 6.45) is -3.22. The van der Waals surface area contributed by atoms with E-state index in [1.165, 1.54) is 20.8 Å². The van der Waals surface area contributed by atoms with Gasteiger partial charge in [0.05, 0.1) is 6.10 Å². The van der Waals surface area contributed by atoms with E-state index >= 15 is 0 Å². The molecule has 8 heteroatoms. The quantitative estimate of drug-likeness (QED) is 0.424. The van der Waals surface area contributed by atoms with Gasteiger partial charge in [-0.05, 0) is 6.92 Å². The minimum Gasteiger partial charge on any atom is -0.456 e. The maximum absolute atomic E-state index is 11.2. The summed E-state index contributed by atoms with van der Waals surface area (Å²) in [7, 11) is 0. The van der Waals surface area contributed by atoms with Crippen molar-refractivity contribution in [2.75, 3.05) is 0 Å². The van der Waals surface area contributed by atoms with Gasteiger partial charge in [-0.2, -0.15) is 0 Å². The van der Waals surface area contributed by atoms with Crippen molar-refractivity contribution in [3.8, 4) is 0 Å². The van der Waals surface area contributed by atoms with Crippen LogP contribution < -0.4 is 0 Å². The number of carbonyl (C=O) groups is 3. The van der Waals surface area contributed by atoms with Crippen LogP contribution in [0.1, 0.15) is 27.7 Å². The molecule has 1 aliphatic rings. The lowest BCUT2D eigenvalue weighted by atomic mass is 10.00. The van der Waals surface area contributed by atoms with Crippen LogP contribution in [0.4, 0.5) is 0 Å². The fourth-order valence-corrected chi connectivity index (χ4v) is 2.70. The molecule has 1 fully saturated rings. The van der Waals surface area contributed by atoms with Crippen molar-refractivity contribution in [2.24, 2.45) is 0 Å². The van der Waals surface area contributed by atoms with Crippen molar-refractivity contribution in [3.63, 3.8) is 0 Å². The average Bonchev–Trinajstić information content (AvgIpc) is 2.27. The average molecular weight is 353 g/mol. The molecule has 0 N–H and O–H groups in total. The predicted molar refractivity (Wildman–Crippen MR) is 69.9 cm³/mol. The Labute approximate surface area is 125 Å². The zero-order valence-electron chi connectivity index (χ0n) is 11.6. The van der Waals surface area contributed by atoms with Crippen LogP contribution in [0.2, 0.25) is 0 Å².